The van der Waals surface area contributed by atoms with Gasteiger partial charge in [-0.25, -0.2) is 0 Å². The molecule has 1 aromatic carbocycles. The van der Waals surface area contributed by atoms with Crippen molar-refractivity contribution in [2.24, 2.45) is 11.8 Å². The molecule has 2 rings (SSSR count). The van der Waals surface area contributed by atoms with Gasteiger partial charge in [0.2, 0.25) is 0 Å². The van der Waals surface area contributed by atoms with Gasteiger partial charge in [-0.2, -0.15) is 5.26 Å². The predicted molar refractivity (Wildman–Crippen MR) is 82.0 cm³/mol. The highest BCUT2D eigenvalue weighted by molar-refractivity contribution is 5.68. The van der Waals surface area contributed by atoms with Crippen molar-refractivity contribution >= 4 is 11.4 Å². The van der Waals surface area contributed by atoms with E-state index in [0.717, 1.165) is 18.9 Å². The molecule has 0 atom stereocenters. The van der Waals surface area contributed by atoms with Crippen molar-refractivity contribution in [3.63, 3.8) is 0 Å². The van der Waals surface area contributed by atoms with Crippen LogP contribution in [0.15, 0.2) is 18.2 Å². The molecule has 1 N–H and O–H groups in total. The van der Waals surface area contributed by atoms with Crippen molar-refractivity contribution in [2.75, 3.05) is 11.9 Å². The van der Waals surface area contributed by atoms with Crippen LogP contribution in [0, 0.1) is 33.3 Å². The lowest BCUT2D eigenvalue weighted by Crippen LogP contribution is -2.16. The highest BCUT2D eigenvalue weighted by atomic mass is 16.6. The first kappa shape index (κ1) is 15.3. The van der Waals surface area contributed by atoms with Crippen LogP contribution in [0.2, 0.25) is 0 Å². The molecule has 0 aromatic heterocycles. The summed E-state index contributed by atoms with van der Waals surface area (Å²) in [6.07, 6.45) is 6.11. The van der Waals surface area contributed by atoms with Crippen LogP contribution >= 0.6 is 0 Å². The number of hydrogen-bond acceptors (Lipinski definition) is 4. The van der Waals surface area contributed by atoms with E-state index in [1.54, 1.807) is 12.1 Å². The number of nitriles is 1. The standard InChI is InChI=1S/C16H21N3O2/c1-12-5-7-13(8-6-12)9-10-18-15-4-2-3-14(11-17)16(15)19(20)21/h2-4,12-13,18H,5-10H2,1H3. The van der Waals surface area contributed by atoms with Gasteiger partial charge in [0.25, 0.3) is 0 Å². The van der Waals surface area contributed by atoms with E-state index < -0.39 is 4.92 Å². The smallest absolute Gasteiger partial charge is 0.309 e. The minimum atomic E-state index is -0.483. The summed E-state index contributed by atoms with van der Waals surface area (Å²) in [5.41, 5.74) is 0.442. The minimum absolute atomic E-state index is 0.108. The molecule has 0 heterocycles. The van der Waals surface area contributed by atoms with Crippen molar-refractivity contribution in [2.45, 2.75) is 39.0 Å². The summed E-state index contributed by atoms with van der Waals surface area (Å²) in [4.78, 5) is 10.6. The maximum absolute atomic E-state index is 11.1. The van der Waals surface area contributed by atoms with Crippen molar-refractivity contribution in [3.8, 4) is 6.07 Å². The zero-order chi connectivity index (χ0) is 15.2. The Hall–Kier alpha value is -2.09. The molecule has 5 heteroatoms. The lowest BCUT2D eigenvalue weighted by atomic mass is 9.81. The molecule has 0 spiro atoms. The molecule has 0 saturated heterocycles. The Morgan fingerprint density at radius 2 is 2.10 bits per heavy atom. The van der Waals surface area contributed by atoms with E-state index in [9.17, 15) is 10.1 Å². The Bertz CT molecular complexity index is 543. The number of hydrogen-bond donors (Lipinski definition) is 1. The maximum atomic E-state index is 11.1. The molecule has 112 valence electrons. The molecule has 0 unspecified atom stereocenters. The fraction of sp³-hybridized carbons (Fsp3) is 0.562. The van der Waals surface area contributed by atoms with Crippen molar-refractivity contribution < 1.29 is 4.92 Å². The topological polar surface area (TPSA) is 79.0 Å². The fourth-order valence-corrected chi connectivity index (χ4v) is 3.00. The monoisotopic (exact) mass is 287 g/mol. The Balaban J connectivity index is 1.94. The lowest BCUT2D eigenvalue weighted by Gasteiger charge is -2.26. The Morgan fingerprint density at radius 1 is 1.38 bits per heavy atom. The second-order valence-electron chi connectivity index (χ2n) is 5.91. The number of anilines is 1. The average molecular weight is 287 g/mol. The van der Waals surface area contributed by atoms with Crippen LogP contribution in [0.25, 0.3) is 0 Å². The van der Waals surface area contributed by atoms with Gasteiger partial charge in [0.1, 0.15) is 17.3 Å². The number of nitrogens with one attached hydrogen (secondary N) is 1. The molecule has 1 fully saturated rings. The van der Waals surface area contributed by atoms with Crippen molar-refractivity contribution in [3.05, 3.63) is 33.9 Å². The average Bonchev–Trinajstić information content (AvgIpc) is 2.48. The van der Waals surface area contributed by atoms with Gasteiger partial charge in [-0.05, 0) is 30.4 Å². The molecule has 0 aliphatic heterocycles. The largest absolute Gasteiger partial charge is 0.379 e. The molecule has 0 bridgehead atoms. The molecule has 0 amide bonds. The van der Waals surface area contributed by atoms with E-state index in [1.807, 2.05) is 6.07 Å². The normalized spacial score (nSPS) is 21.5. The number of para-hydroxylation sites is 1. The van der Waals surface area contributed by atoms with Gasteiger partial charge in [0, 0.05) is 6.54 Å². The minimum Gasteiger partial charge on any atom is -0.379 e. The van der Waals surface area contributed by atoms with Crippen LogP contribution in [0.1, 0.15) is 44.6 Å². The van der Waals surface area contributed by atoms with Crippen LogP contribution in [0.5, 0.6) is 0 Å². The Morgan fingerprint density at radius 3 is 2.71 bits per heavy atom. The predicted octanol–water partition coefficient (Wildman–Crippen LogP) is 4.09. The third kappa shape index (κ3) is 3.94. The first-order chi connectivity index (χ1) is 10.1. The summed E-state index contributed by atoms with van der Waals surface area (Å²) in [5.74, 6) is 1.55. The molecule has 5 nitrogen and oxygen atoms in total. The summed E-state index contributed by atoms with van der Waals surface area (Å²) in [6, 6.07) is 6.70. The zero-order valence-electron chi connectivity index (χ0n) is 12.3. The number of nitro benzene ring substituents is 1. The Labute approximate surface area is 125 Å². The van der Waals surface area contributed by atoms with Gasteiger partial charge in [0.05, 0.1) is 4.92 Å². The fourth-order valence-electron chi connectivity index (χ4n) is 3.00. The van der Waals surface area contributed by atoms with Crippen LogP contribution in [0.3, 0.4) is 0 Å². The molecule has 0 radical (unpaired) electrons. The number of nitrogens with zero attached hydrogens (tertiary/aromatic N) is 2. The van der Waals surface area contributed by atoms with Crippen LogP contribution < -0.4 is 5.32 Å². The van der Waals surface area contributed by atoms with E-state index in [2.05, 4.69) is 12.2 Å². The SMILES string of the molecule is CC1CCC(CCNc2cccc(C#N)c2[N+](=O)[O-])CC1. The second kappa shape index (κ2) is 7.07. The van der Waals surface area contributed by atoms with Crippen molar-refractivity contribution in [1.29, 1.82) is 5.26 Å². The molecular weight excluding hydrogens is 266 g/mol. The lowest BCUT2D eigenvalue weighted by molar-refractivity contribution is -0.384. The second-order valence-corrected chi connectivity index (χ2v) is 5.91. The first-order valence-electron chi connectivity index (χ1n) is 7.53. The quantitative estimate of drug-likeness (QED) is 0.653. The van der Waals surface area contributed by atoms with E-state index in [1.165, 1.54) is 31.7 Å². The molecular formula is C16H21N3O2. The molecule has 21 heavy (non-hydrogen) atoms. The van der Waals surface area contributed by atoms with Gasteiger partial charge < -0.3 is 5.32 Å². The number of nitro groups is 1. The van der Waals surface area contributed by atoms with E-state index >= 15 is 0 Å². The highest BCUT2D eigenvalue weighted by Gasteiger charge is 2.21. The first-order valence-corrected chi connectivity index (χ1v) is 7.53. The summed E-state index contributed by atoms with van der Waals surface area (Å²) >= 11 is 0. The van der Waals surface area contributed by atoms with Crippen LogP contribution in [-0.4, -0.2) is 11.5 Å². The van der Waals surface area contributed by atoms with E-state index in [0.29, 0.717) is 11.6 Å². The zero-order valence-corrected chi connectivity index (χ0v) is 12.3. The highest BCUT2D eigenvalue weighted by Crippen LogP contribution is 2.31. The van der Waals surface area contributed by atoms with E-state index in [4.69, 9.17) is 5.26 Å². The summed E-state index contributed by atoms with van der Waals surface area (Å²) in [6.45, 7) is 3.01. The Kier molecular flexibility index (Phi) is 5.15. The van der Waals surface area contributed by atoms with Crippen LogP contribution in [-0.2, 0) is 0 Å². The van der Waals surface area contributed by atoms with Gasteiger partial charge >= 0.3 is 5.69 Å². The molecule has 1 aliphatic rings. The molecule has 1 aromatic rings. The summed E-state index contributed by atoms with van der Waals surface area (Å²) in [7, 11) is 0. The molecule has 1 aliphatic carbocycles. The third-order valence-electron chi connectivity index (χ3n) is 4.34. The van der Waals surface area contributed by atoms with Gasteiger partial charge in [0.15, 0.2) is 0 Å². The van der Waals surface area contributed by atoms with Crippen LogP contribution in [0.4, 0.5) is 11.4 Å². The maximum Gasteiger partial charge on any atom is 0.309 e. The van der Waals surface area contributed by atoms with Crippen molar-refractivity contribution in [1.82, 2.24) is 0 Å². The van der Waals surface area contributed by atoms with Gasteiger partial charge in [-0.1, -0.05) is 38.7 Å². The molecule has 1 saturated carbocycles. The summed E-state index contributed by atoms with van der Waals surface area (Å²) < 4.78 is 0. The van der Waals surface area contributed by atoms with E-state index in [-0.39, 0.29) is 11.3 Å². The van der Waals surface area contributed by atoms with Gasteiger partial charge in [-0.15, -0.1) is 0 Å². The third-order valence-corrected chi connectivity index (χ3v) is 4.34. The summed E-state index contributed by atoms with van der Waals surface area (Å²) in [5, 5.41) is 23.2. The number of rotatable bonds is 5. The van der Waals surface area contributed by atoms with Gasteiger partial charge in [-0.3, -0.25) is 10.1 Å². The number of benzene rings is 1.